The van der Waals surface area contributed by atoms with Gasteiger partial charge in [-0.3, -0.25) is 4.79 Å². The summed E-state index contributed by atoms with van der Waals surface area (Å²) in [5, 5.41) is 3.86. The van der Waals surface area contributed by atoms with Gasteiger partial charge in [0.25, 0.3) is 0 Å². The van der Waals surface area contributed by atoms with Crippen LogP contribution in [-0.4, -0.2) is 16.9 Å². The van der Waals surface area contributed by atoms with E-state index >= 15 is 0 Å². The van der Waals surface area contributed by atoms with Crippen LogP contribution in [0.4, 0.5) is 0 Å². The molecular weight excluding hydrogens is 293 g/mol. The van der Waals surface area contributed by atoms with Crippen molar-refractivity contribution in [2.45, 2.75) is 40.3 Å². The summed E-state index contributed by atoms with van der Waals surface area (Å²) in [6.45, 7) is 8.31. The molecule has 0 bridgehead atoms. The van der Waals surface area contributed by atoms with Gasteiger partial charge in [0.2, 0.25) is 5.91 Å². The van der Waals surface area contributed by atoms with E-state index in [1.807, 2.05) is 27.7 Å². The average Bonchev–Trinajstić information content (AvgIpc) is 2.52. The van der Waals surface area contributed by atoms with Gasteiger partial charge < -0.3 is 11.1 Å². The lowest BCUT2D eigenvalue weighted by Crippen LogP contribution is -2.43. The van der Waals surface area contributed by atoms with E-state index in [0.717, 1.165) is 15.6 Å². The number of aromatic nitrogens is 1. The van der Waals surface area contributed by atoms with Crippen molar-refractivity contribution in [1.29, 1.82) is 0 Å². The quantitative estimate of drug-likeness (QED) is 0.895. The molecule has 1 atom stereocenters. The fraction of sp³-hybridized carbons (Fsp3) is 0.636. The molecule has 0 fully saturated rings. The maximum absolute atomic E-state index is 11.6. The van der Waals surface area contributed by atoms with Crippen LogP contribution in [0.2, 0.25) is 0 Å². The summed E-state index contributed by atoms with van der Waals surface area (Å²) in [7, 11) is 0. The molecule has 0 saturated carbocycles. The van der Waals surface area contributed by atoms with Crippen molar-refractivity contribution in [3.05, 3.63) is 15.6 Å². The zero-order valence-electron chi connectivity index (χ0n) is 11.0. The first-order chi connectivity index (χ1) is 7.41. The van der Waals surface area contributed by atoms with E-state index in [4.69, 9.17) is 5.73 Å². The predicted octanol–water partition coefficient (Wildman–Crippen LogP) is 2.20. The molecule has 0 aromatic carbocycles. The number of carbonyl (C=O) groups is 1. The molecule has 0 aliphatic rings. The zero-order chi connectivity index (χ0) is 12.3. The van der Waals surface area contributed by atoms with E-state index in [1.54, 1.807) is 11.3 Å². The van der Waals surface area contributed by atoms with E-state index in [-0.39, 0.29) is 36.6 Å². The second-order valence-corrected chi connectivity index (χ2v) is 5.52. The minimum Gasteiger partial charge on any atom is -0.350 e. The maximum Gasteiger partial charge on any atom is 0.237 e. The molecule has 106 valence electrons. The topological polar surface area (TPSA) is 68.0 Å². The smallest absolute Gasteiger partial charge is 0.237 e. The summed E-state index contributed by atoms with van der Waals surface area (Å²) in [6.07, 6.45) is 0. The van der Waals surface area contributed by atoms with Crippen LogP contribution in [0.3, 0.4) is 0 Å². The van der Waals surface area contributed by atoms with Crippen LogP contribution >= 0.6 is 36.2 Å². The highest BCUT2D eigenvalue weighted by atomic mass is 35.5. The summed E-state index contributed by atoms with van der Waals surface area (Å²) in [4.78, 5) is 17.0. The Kier molecular flexibility index (Phi) is 9.64. The number of hydrogen-bond donors (Lipinski definition) is 2. The SMILES string of the molecule is Cc1nc(C)c(CNC(=O)[C@@H](N)C(C)C)s1.Cl.Cl. The third kappa shape index (κ3) is 5.52. The van der Waals surface area contributed by atoms with Gasteiger partial charge in [-0.15, -0.1) is 36.2 Å². The highest BCUT2D eigenvalue weighted by Gasteiger charge is 2.17. The third-order valence-electron chi connectivity index (χ3n) is 2.44. The van der Waals surface area contributed by atoms with Gasteiger partial charge in [0.1, 0.15) is 0 Å². The fourth-order valence-electron chi connectivity index (χ4n) is 1.33. The number of rotatable bonds is 4. The van der Waals surface area contributed by atoms with Gasteiger partial charge in [-0.2, -0.15) is 0 Å². The Morgan fingerprint density at radius 1 is 1.39 bits per heavy atom. The molecular formula is C11H21Cl2N3OS. The van der Waals surface area contributed by atoms with Crippen LogP contribution in [0.5, 0.6) is 0 Å². The van der Waals surface area contributed by atoms with Gasteiger partial charge in [0.05, 0.1) is 23.3 Å². The van der Waals surface area contributed by atoms with Crippen LogP contribution in [0.1, 0.15) is 29.4 Å². The Labute approximate surface area is 125 Å². The van der Waals surface area contributed by atoms with Crippen LogP contribution in [0.25, 0.3) is 0 Å². The standard InChI is InChI=1S/C11H19N3OS.2ClH/c1-6(2)10(12)11(15)13-5-9-7(3)14-8(4)16-9;;/h6,10H,5,12H2,1-4H3,(H,13,15);2*1H/t10-;;/m0../s1. The van der Waals surface area contributed by atoms with Crippen LogP contribution in [-0.2, 0) is 11.3 Å². The molecule has 1 aromatic heterocycles. The normalized spacial score (nSPS) is 11.4. The van der Waals surface area contributed by atoms with E-state index in [0.29, 0.717) is 6.54 Å². The minimum atomic E-state index is -0.436. The van der Waals surface area contributed by atoms with Crippen molar-refractivity contribution >= 4 is 42.1 Å². The average molecular weight is 314 g/mol. The van der Waals surface area contributed by atoms with Gasteiger partial charge in [-0.1, -0.05) is 13.8 Å². The molecule has 7 heteroatoms. The summed E-state index contributed by atoms with van der Waals surface area (Å²) in [5.41, 5.74) is 6.73. The number of thiazole rings is 1. The number of halogens is 2. The Hall–Kier alpha value is -0.360. The molecule has 0 spiro atoms. The van der Waals surface area contributed by atoms with Crippen molar-refractivity contribution in [3.63, 3.8) is 0 Å². The molecule has 1 aromatic rings. The minimum absolute atomic E-state index is 0. The predicted molar refractivity (Wildman–Crippen MR) is 80.7 cm³/mol. The van der Waals surface area contributed by atoms with Crippen LogP contribution < -0.4 is 11.1 Å². The van der Waals surface area contributed by atoms with Gasteiger partial charge >= 0.3 is 0 Å². The van der Waals surface area contributed by atoms with Gasteiger partial charge in [0.15, 0.2) is 0 Å². The van der Waals surface area contributed by atoms with Crippen LogP contribution in [0, 0.1) is 19.8 Å². The molecule has 1 heterocycles. The first-order valence-electron chi connectivity index (χ1n) is 5.38. The Morgan fingerprint density at radius 2 is 1.94 bits per heavy atom. The lowest BCUT2D eigenvalue weighted by atomic mass is 10.1. The lowest BCUT2D eigenvalue weighted by molar-refractivity contribution is -0.123. The Bertz CT molecular complexity index is 382. The molecule has 3 N–H and O–H groups in total. The van der Waals surface area contributed by atoms with Gasteiger partial charge in [-0.05, 0) is 19.8 Å². The lowest BCUT2D eigenvalue weighted by Gasteiger charge is -2.14. The molecule has 0 aliphatic carbocycles. The Morgan fingerprint density at radius 3 is 2.33 bits per heavy atom. The molecule has 18 heavy (non-hydrogen) atoms. The highest BCUT2D eigenvalue weighted by molar-refractivity contribution is 7.11. The number of nitrogens with zero attached hydrogens (tertiary/aromatic N) is 1. The number of amides is 1. The first kappa shape index (κ1) is 20.0. The summed E-state index contributed by atoms with van der Waals surface area (Å²) in [6, 6.07) is -0.436. The highest BCUT2D eigenvalue weighted by Crippen LogP contribution is 2.16. The second kappa shape index (κ2) is 8.69. The van der Waals surface area contributed by atoms with E-state index in [2.05, 4.69) is 10.3 Å². The molecule has 1 rings (SSSR count). The molecule has 0 saturated heterocycles. The number of carbonyl (C=O) groups excluding carboxylic acids is 1. The van der Waals surface area contributed by atoms with Crippen molar-refractivity contribution in [3.8, 4) is 0 Å². The summed E-state index contributed by atoms with van der Waals surface area (Å²) in [5.74, 6) is 0.0600. The van der Waals surface area contributed by atoms with Gasteiger partial charge in [-0.25, -0.2) is 4.98 Å². The number of nitrogens with one attached hydrogen (secondary N) is 1. The molecule has 1 amide bonds. The third-order valence-corrected chi connectivity index (χ3v) is 3.52. The van der Waals surface area contributed by atoms with Crippen molar-refractivity contribution in [1.82, 2.24) is 10.3 Å². The molecule has 4 nitrogen and oxygen atoms in total. The van der Waals surface area contributed by atoms with E-state index in [9.17, 15) is 4.79 Å². The van der Waals surface area contributed by atoms with E-state index < -0.39 is 6.04 Å². The molecule has 0 unspecified atom stereocenters. The van der Waals surface area contributed by atoms with Crippen molar-refractivity contribution < 1.29 is 4.79 Å². The first-order valence-corrected chi connectivity index (χ1v) is 6.19. The molecule has 0 radical (unpaired) electrons. The zero-order valence-corrected chi connectivity index (χ0v) is 13.5. The summed E-state index contributed by atoms with van der Waals surface area (Å²) >= 11 is 1.61. The summed E-state index contributed by atoms with van der Waals surface area (Å²) < 4.78 is 0. The largest absolute Gasteiger partial charge is 0.350 e. The maximum atomic E-state index is 11.6. The second-order valence-electron chi connectivity index (χ2n) is 4.23. The van der Waals surface area contributed by atoms with Crippen LogP contribution in [0.15, 0.2) is 0 Å². The number of nitrogens with two attached hydrogens (primary N) is 1. The van der Waals surface area contributed by atoms with Crippen molar-refractivity contribution in [2.24, 2.45) is 11.7 Å². The number of hydrogen-bond acceptors (Lipinski definition) is 4. The van der Waals surface area contributed by atoms with Crippen molar-refractivity contribution in [2.75, 3.05) is 0 Å². The Balaban J connectivity index is 0. The van der Waals surface area contributed by atoms with Gasteiger partial charge in [0, 0.05) is 4.88 Å². The molecule has 0 aliphatic heterocycles. The fourth-order valence-corrected chi connectivity index (χ4v) is 2.20. The number of aryl methyl sites for hydroxylation is 2. The van der Waals surface area contributed by atoms with E-state index in [1.165, 1.54) is 0 Å². The monoisotopic (exact) mass is 313 g/mol.